The largest absolute Gasteiger partial charge is 0.493 e. The highest BCUT2D eigenvalue weighted by molar-refractivity contribution is 5.69. The highest BCUT2D eigenvalue weighted by Crippen LogP contribution is 2.30. The molecule has 0 amide bonds. The van der Waals surface area contributed by atoms with Crippen molar-refractivity contribution >= 4 is 17.3 Å². The summed E-state index contributed by atoms with van der Waals surface area (Å²) in [5, 5.41) is 17.9. The average Bonchev–Trinajstić information content (AvgIpc) is 2.79. The highest BCUT2D eigenvalue weighted by Gasteiger charge is 2.23. The summed E-state index contributed by atoms with van der Waals surface area (Å²) in [5.41, 5.74) is 0.884. The van der Waals surface area contributed by atoms with Gasteiger partial charge in [-0.2, -0.15) is 0 Å². The van der Waals surface area contributed by atoms with Gasteiger partial charge in [-0.25, -0.2) is 9.97 Å². The summed E-state index contributed by atoms with van der Waals surface area (Å²) in [4.78, 5) is 21.8. The van der Waals surface area contributed by atoms with Gasteiger partial charge in [-0.1, -0.05) is 12.5 Å². The molecule has 1 fully saturated rings. The first-order valence-electron chi connectivity index (χ1n) is 10.5. The molecule has 1 aliphatic rings. The van der Waals surface area contributed by atoms with Gasteiger partial charge in [-0.15, -0.1) is 0 Å². The Hall–Kier alpha value is -3.14. The number of benzene rings is 1. The van der Waals surface area contributed by atoms with Crippen molar-refractivity contribution in [2.75, 3.05) is 57.6 Å². The van der Waals surface area contributed by atoms with E-state index >= 15 is 0 Å². The Morgan fingerprint density at radius 1 is 1.03 bits per heavy atom. The van der Waals surface area contributed by atoms with Crippen molar-refractivity contribution in [3.05, 3.63) is 40.2 Å². The van der Waals surface area contributed by atoms with Gasteiger partial charge in [0.15, 0.2) is 11.5 Å². The SMILES string of the molecule is COc1ccc(CCNc2ncnc(NCCN3CCCCC3)c2[N+](=O)[O-])cc1OC. The molecule has 0 atom stereocenters. The van der Waals surface area contributed by atoms with E-state index in [1.165, 1.54) is 25.6 Å². The number of rotatable bonds is 11. The molecule has 0 aliphatic carbocycles. The molecule has 2 N–H and O–H groups in total. The zero-order chi connectivity index (χ0) is 22.1. The summed E-state index contributed by atoms with van der Waals surface area (Å²) in [6.07, 6.45) is 5.68. The number of hydrogen-bond acceptors (Lipinski definition) is 9. The Morgan fingerprint density at radius 3 is 2.35 bits per heavy atom. The lowest BCUT2D eigenvalue weighted by atomic mass is 10.1. The molecule has 168 valence electrons. The highest BCUT2D eigenvalue weighted by atomic mass is 16.6. The molecule has 10 heteroatoms. The number of nitrogens with one attached hydrogen (secondary N) is 2. The van der Waals surface area contributed by atoms with Crippen molar-refractivity contribution in [3.8, 4) is 11.5 Å². The van der Waals surface area contributed by atoms with Gasteiger partial charge in [0.25, 0.3) is 0 Å². The Bertz CT molecular complexity index is 873. The van der Waals surface area contributed by atoms with Crippen molar-refractivity contribution in [2.24, 2.45) is 0 Å². The first-order chi connectivity index (χ1) is 15.1. The standard InChI is InChI=1S/C21H30N6O4/c1-30-17-7-6-16(14-18(17)31-2)8-9-22-20-19(27(28)29)21(25-15-24-20)23-10-13-26-11-4-3-5-12-26/h6-7,14-15H,3-5,8-13H2,1-2H3,(H2,22,23,24,25). The second kappa shape index (κ2) is 11.3. The molecule has 2 heterocycles. The zero-order valence-electron chi connectivity index (χ0n) is 18.1. The third-order valence-corrected chi connectivity index (χ3v) is 5.33. The number of methoxy groups -OCH3 is 2. The van der Waals surface area contributed by atoms with E-state index < -0.39 is 4.92 Å². The Labute approximate surface area is 182 Å². The van der Waals surface area contributed by atoms with E-state index in [1.807, 2.05) is 18.2 Å². The van der Waals surface area contributed by atoms with E-state index in [0.717, 1.165) is 25.2 Å². The Kier molecular flexibility index (Phi) is 8.22. The number of aromatic nitrogens is 2. The fourth-order valence-electron chi connectivity index (χ4n) is 3.69. The fourth-order valence-corrected chi connectivity index (χ4v) is 3.69. The smallest absolute Gasteiger partial charge is 0.353 e. The predicted molar refractivity (Wildman–Crippen MR) is 119 cm³/mol. The molecular weight excluding hydrogens is 400 g/mol. The minimum Gasteiger partial charge on any atom is -0.493 e. The van der Waals surface area contributed by atoms with Gasteiger partial charge in [0.05, 0.1) is 19.1 Å². The number of nitrogens with zero attached hydrogens (tertiary/aromatic N) is 4. The minimum atomic E-state index is -0.442. The molecule has 1 aromatic heterocycles. The van der Waals surface area contributed by atoms with Crippen LogP contribution in [0.3, 0.4) is 0 Å². The topological polar surface area (TPSA) is 115 Å². The van der Waals surface area contributed by atoms with Gasteiger partial charge in [-0.05, 0) is 50.0 Å². The van der Waals surface area contributed by atoms with E-state index in [2.05, 4.69) is 25.5 Å². The van der Waals surface area contributed by atoms with Crippen molar-refractivity contribution in [2.45, 2.75) is 25.7 Å². The van der Waals surface area contributed by atoms with Crippen LogP contribution in [0, 0.1) is 10.1 Å². The quantitative estimate of drug-likeness (QED) is 0.410. The van der Waals surface area contributed by atoms with Gasteiger partial charge in [-0.3, -0.25) is 10.1 Å². The maximum atomic E-state index is 11.7. The van der Waals surface area contributed by atoms with Gasteiger partial charge in [0, 0.05) is 19.6 Å². The van der Waals surface area contributed by atoms with Crippen molar-refractivity contribution in [1.29, 1.82) is 0 Å². The molecule has 0 unspecified atom stereocenters. The molecular formula is C21H30N6O4. The predicted octanol–water partition coefficient (Wildman–Crippen LogP) is 2.95. The molecule has 1 aliphatic heterocycles. The number of likely N-dealkylation sites (tertiary alicyclic amines) is 1. The second-order valence-electron chi connectivity index (χ2n) is 7.37. The number of hydrogen-bond donors (Lipinski definition) is 2. The van der Waals surface area contributed by atoms with E-state index in [0.29, 0.717) is 31.0 Å². The monoisotopic (exact) mass is 430 g/mol. The summed E-state index contributed by atoms with van der Waals surface area (Å²) in [7, 11) is 3.18. The molecule has 1 saturated heterocycles. The zero-order valence-corrected chi connectivity index (χ0v) is 18.1. The van der Waals surface area contributed by atoms with Crippen LogP contribution >= 0.6 is 0 Å². The third kappa shape index (κ3) is 6.17. The number of piperidine rings is 1. The maximum Gasteiger partial charge on any atom is 0.353 e. The molecule has 31 heavy (non-hydrogen) atoms. The summed E-state index contributed by atoms with van der Waals surface area (Å²) >= 11 is 0. The van der Waals surface area contributed by atoms with Gasteiger partial charge < -0.3 is 25.0 Å². The van der Waals surface area contributed by atoms with E-state index in [1.54, 1.807) is 14.2 Å². The maximum absolute atomic E-state index is 11.7. The molecule has 0 bridgehead atoms. The second-order valence-corrected chi connectivity index (χ2v) is 7.37. The summed E-state index contributed by atoms with van der Waals surface area (Å²) < 4.78 is 10.6. The molecule has 0 radical (unpaired) electrons. The lowest BCUT2D eigenvalue weighted by Gasteiger charge is -2.26. The Morgan fingerprint density at radius 2 is 1.71 bits per heavy atom. The lowest BCUT2D eigenvalue weighted by Crippen LogP contribution is -2.33. The van der Waals surface area contributed by atoms with Crippen LogP contribution in [0.2, 0.25) is 0 Å². The van der Waals surface area contributed by atoms with Crippen LogP contribution in [0.4, 0.5) is 17.3 Å². The van der Waals surface area contributed by atoms with Crippen LogP contribution in [0.25, 0.3) is 0 Å². The van der Waals surface area contributed by atoms with Crippen molar-refractivity contribution < 1.29 is 14.4 Å². The molecule has 10 nitrogen and oxygen atoms in total. The van der Waals surface area contributed by atoms with Crippen LogP contribution in [0.15, 0.2) is 24.5 Å². The van der Waals surface area contributed by atoms with E-state index in [9.17, 15) is 10.1 Å². The molecule has 0 saturated carbocycles. The summed E-state index contributed by atoms with van der Waals surface area (Å²) in [6.45, 7) is 4.07. The minimum absolute atomic E-state index is 0.131. The number of anilines is 2. The molecule has 2 aromatic rings. The summed E-state index contributed by atoms with van der Waals surface area (Å²) in [6, 6.07) is 5.67. The first kappa shape index (κ1) is 22.5. The van der Waals surface area contributed by atoms with Gasteiger partial charge in [0.2, 0.25) is 11.6 Å². The van der Waals surface area contributed by atoms with Crippen LogP contribution in [0.5, 0.6) is 11.5 Å². The molecule has 3 rings (SSSR count). The van der Waals surface area contributed by atoms with E-state index in [4.69, 9.17) is 9.47 Å². The molecule has 0 spiro atoms. The third-order valence-electron chi connectivity index (χ3n) is 5.33. The fraction of sp³-hybridized carbons (Fsp3) is 0.524. The molecule has 1 aromatic carbocycles. The summed E-state index contributed by atoms with van der Waals surface area (Å²) in [5.74, 6) is 1.76. The lowest BCUT2D eigenvalue weighted by molar-refractivity contribution is -0.383. The Balaban J connectivity index is 1.60. The van der Waals surface area contributed by atoms with Crippen molar-refractivity contribution in [3.63, 3.8) is 0 Å². The average molecular weight is 431 g/mol. The van der Waals surface area contributed by atoms with Crippen LogP contribution in [0.1, 0.15) is 24.8 Å². The van der Waals surface area contributed by atoms with Crippen molar-refractivity contribution in [1.82, 2.24) is 14.9 Å². The normalized spacial score (nSPS) is 14.1. The van der Waals surface area contributed by atoms with E-state index in [-0.39, 0.29) is 17.3 Å². The van der Waals surface area contributed by atoms with Crippen LogP contribution < -0.4 is 20.1 Å². The van der Waals surface area contributed by atoms with Crippen LogP contribution in [-0.4, -0.2) is 66.7 Å². The van der Waals surface area contributed by atoms with Crippen LogP contribution in [-0.2, 0) is 6.42 Å². The number of ether oxygens (including phenoxy) is 2. The number of nitro groups is 1. The van der Waals surface area contributed by atoms with Gasteiger partial charge in [0.1, 0.15) is 6.33 Å². The van der Waals surface area contributed by atoms with Gasteiger partial charge >= 0.3 is 5.69 Å². The first-order valence-corrected chi connectivity index (χ1v) is 10.5.